The highest BCUT2D eigenvalue weighted by atomic mass is 19.1. The van der Waals surface area contributed by atoms with E-state index in [1.165, 1.54) is 41.7 Å². The van der Waals surface area contributed by atoms with Gasteiger partial charge in [0.2, 0.25) is 35.4 Å². The molecule has 1 aliphatic carbocycles. The Morgan fingerprint density at radius 1 is 0.909 bits per heavy atom. The summed E-state index contributed by atoms with van der Waals surface area (Å²) < 4.78 is 34.1. The summed E-state index contributed by atoms with van der Waals surface area (Å²) in [5.41, 5.74) is 0.0608. The zero-order chi connectivity index (χ0) is 40.0. The van der Waals surface area contributed by atoms with Gasteiger partial charge in [-0.2, -0.15) is 0 Å². The van der Waals surface area contributed by atoms with Crippen molar-refractivity contribution < 1.29 is 47.1 Å². The van der Waals surface area contributed by atoms with Crippen molar-refractivity contribution in [2.24, 2.45) is 11.8 Å². The molecule has 16 heteroatoms. The highest BCUT2D eigenvalue weighted by Crippen LogP contribution is 2.27. The zero-order valence-electron chi connectivity index (χ0n) is 31.9. The fraction of sp³-hybridized carbons (Fsp3) is 0.615. The number of allylic oxidation sites excluding steroid dienone is 1. The van der Waals surface area contributed by atoms with Crippen molar-refractivity contribution in [2.75, 3.05) is 26.7 Å². The first-order chi connectivity index (χ1) is 26.1. The minimum atomic E-state index is -1.56. The Hall–Kier alpha value is -4.89. The van der Waals surface area contributed by atoms with Crippen LogP contribution in [0.2, 0.25) is 0 Å². The number of esters is 1. The molecule has 5 rings (SSSR count). The summed E-state index contributed by atoms with van der Waals surface area (Å²) in [6, 6.07) is -4.36. The largest absolute Gasteiger partial charge is 0.461 e. The molecule has 4 fully saturated rings. The normalized spacial score (nSPS) is 28.1. The number of halogens is 2. The van der Waals surface area contributed by atoms with E-state index in [9.17, 15) is 42.3 Å². The van der Waals surface area contributed by atoms with Gasteiger partial charge in [-0.15, -0.1) is 0 Å². The average Bonchev–Trinajstić information content (AvgIpc) is 3.80. The molecule has 0 bridgehead atoms. The fourth-order valence-corrected chi connectivity index (χ4v) is 7.90. The second-order valence-corrected chi connectivity index (χ2v) is 15.4. The van der Waals surface area contributed by atoms with Crippen LogP contribution in [-0.4, -0.2) is 119 Å². The van der Waals surface area contributed by atoms with E-state index in [4.69, 9.17) is 4.74 Å². The molecule has 0 radical (unpaired) electrons. The van der Waals surface area contributed by atoms with Crippen LogP contribution >= 0.6 is 0 Å². The van der Waals surface area contributed by atoms with Crippen LogP contribution in [0.3, 0.4) is 0 Å². The predicted molar refractivity (Wildman–Crippen MR) is 194 cm³/mol. The number of likely N-dealkylation sites (N-methyl/N-ethyl adjacent to an activating group) is 1. The van der Waals surface area contributed by atoms with Gasteiger partial charge >= 0.3 is 5.97 Å². The lowest BCUT2D eigenvalue weighted by Gasteiger charge is -2.34. The van der Waals surface area contributed by atoms with Gasteiger partial charge in [-0.05, 0) is 81.6 Å². The second kappa shape index (κ2) is 18.2. The Balaban J connectivity index is 1.44. The molecule has 55 heavy (non-hydrogen) atoms. The van der Waals surface area contributed by atoms with E-state index in [1.54, 1.807) is 6.08 Å². The molecule has 3 heterocycles. The number of cyclic esters (lactones) is 1. The number of hydrogen-bond donors (Lipinski definition) is 3. The lowest BCUT2D eigenvalue weighted by Crippen LogP contribution is -2.60. The molecule has 3 aliphatic heterocycles. The Kier molecular flexibility index (Phi) is 13.6. The van der Waals surface area contributed by atoms with Crippen molar-refractivity contribution in [2.45, 2.75) is 115 Å². The molecule has 6 amide bonds. The first kappa shape index (κ1) is 41.3. The van der Waals surface area contributed by atoms with E-state index < -0.39 is 95.9 Å². The monoisotopic (exact) mass is 770 g/mol. The summed E-state index contributed by atoms with van der Waals surface area (Å²) >= 11 is 0. The van der Waals surface area contributed by atoms with E-state index in [2.05, 4.69) is 16.0 Å². The van der Waals surface area contributed by atoms with Gasteiger partial charge < -0.3 is 35.4 Å². The van der Waals surface area contributed by atoms with Crippen molar-refractivity contribution in [3.8, 4) is 0 Å². The molecule has 7 atom stereocenters. The molecule has 1 saturated carbocycles. The minimum absolute atomic E-state index is 0.0608. The Morgan fingerprint density at radius 3 is 2.29 bits per heavy atom. The van der Waals surface area contributed by atoms with E-state index >= 15 is 0 Å². The molecule has 0 aromatic heterocycles. The van der Waals surface area contributed by atoms with Crippen molar-refractivity contribution in [1.29, 1.82) is 0 Å². The van der Waals surface area contributed by atoms with Crippen LogP contribution in [0.25, 0.3) is 0 Å². The number of rotatable bonds is 7. The van der Waals surface area contributed by atoms with Crippen molar-refractivity contribution in [1.82, 2.24) is 30.7 Å². The predicted octanol–water partition coefficient (Wildman–Crippen LogP) is 1.75. The molecule has 1 aromatic carbocycles. The van der Waals surface area contributed by atoms with Crippen LogP contribution in [0.15, 0.2) is 30.4 Å². The highest BCUT2D eigenvalue weighted by molar-refractivity contribution is 5.98. The van der Waals surface area contributed by atoms with Crippen LogP contribution in [0, 0.1) is 23.5 Å². The number of benzene rings is 1. The molecule has 300 valence electrons. The number of carbonyl (C=O) groups excluding carboxylic acids is 7. The Bertz CT molecular complexity index is 1660. The Labute approximate surface area is 319 Å². The smallest absolute Gasteiger partial charge is 0.328 e. The summed E-state index contributed by atoms with van der Waals surface area (Å²) in [5, 5.41) is 7.84. The number of hydrogen-bond acceptors (Lipinski definition) is 8. The summed E-state index contributed by atoms with van der Waals surface area (Å²) in [5.74, 6) is -6.46. The summed E-state index contributed by atoms with van der Waals surface area (Å²) in [6.45, 7) is 4.50. The van der Waals surface area contributed by atoms with Crippen molar-refractivity contribution in [3.63, 3.8) is 0 Å². The molecular formula is C39H52F2N6O8. The molecule has 4 aliphatic rings. The number of nitrogens with one attached hydrogen (secondary N) is 3. The number of ether oxygens (including phenoxy) is 1. The summed E-state index contributed by atoms with van der Waals surface area (Å²) in [6.07, 6.45) is 8.72. The van der Waals surface area contributed by atoms with Gasteiger partial charge in [-0.25, -0.2) is 13.6 Å². The third-order valence-corrected chi connectivity index (χ3v) is 11.1. The van der Waals surface area contributed by atoms with Gasteiger partial charge in [0.25, 0.3) is 0 Å². The van der Waals surface area contributed by atoms with Crippen LogP contribution in [0.5, 0.6) is 0 Å². The lowest BCUT2D eigenvalue weighted by atomic mass is 9.89. The van der Waals surface area contributed by atoms with E-state index in [0.29, 0.717) is 12.5 Å². The van der Waals surface area contributed by atoms with Gasteiger partial charge in [-0.3, -0.25) is 28.8 Å². The Morgan fingerprint density at radius 2 is 1.60 bits per heavy atom. The maximum atomic E-state index is 14.3. The molecule has 0 spiro atoms. The highest BCUT2D eigenvalue weighted by Gasteiger charge is 2.44. The SMILES string of the molecule is C[C@@H]1C[C@H]2C(=O)OC[C@H](NC(=O)[C@H](Cc3cc(F)cc(F)c3)NC(=O)C=CC3CCCCC3)C(=O)N3CCC[C@H]3C(=O)N(C)[C@@H](C)C(=O)N[C@@H](C)C(=O)N2C1. The first-order valence-electron chi connectivity index (χ1n) is 19.2. The third-order valence-electron chi connectivity index (χ3n) is 11.1. The molecule has 14 nitrogen and oxygen atoms in total. The number of nitrogens with zero attached hydrogens (tertiary/aromatic N) is 3. The topological polar surface area (TPSA) is 175 Å². The van der Waals surface area contributed by atoms with Crippen LogP contribution in [0.4, 0.5) is 8.78 Å². The van der Waals surface area contributed by atoms with E-state index in [1.807, 2.05) is 6.92 Å². The van der Waals surface area contributed by atoms with Gasteiger partial charge in [0.1, 0.15) is 54.5 Å². The van der Waals surface area contributed by atoms with Gasteiger partial charge in [0.15, 0.2) is 0 Å². The number of amides is 6. The zero-order valence-corrected chi connectivity index (χ0v) is 31.9. The maximum Gasteiger partial charge on any atom is 0.328 e. The van der Waals surface area contributed by atoms with Crippen LogP contribution in [0.1, 0.15) is 77.7 Å². The van der Waals surface area contributed by atoms with Gasteiger partial charge in [0, 0.05) is 32.6 Å². The summed E-state index contributed by atoms with van der Waals surface area (Å²) in [7, 11) is 1.42. The van der Waals surface area contributed by atoms with Crippen molar-refractivity contribution in [3.05, 3.63) is 47.5 Å². The molecule has 3 saturated heterocycles. The first-order valence-corrected chi connectivity index (χ1v) is 19.2. The summed E-state index contributed by atoms with van der Waals surface area (Å²) in [4.78, 5) is 99.5. The van der Waals surface area contributed by atoms with Crippen LogP contribution < -0.4 is 16.0 Å². The molecule has 1 aromatic rings. The van der Waals surface area contributed by atoms with E-state index in [0.717, 1.165) is 44.2 Å². The van der Waals surface area contributed by atoms with Crippen molar-refractivity contribution >= 4 is 41.4 Å². The fourth-order valence-electron chi connectivity index (χ4n) is 7.90. The van der Waals surface area contributed by atoms with Gasteiger partial charge in [-0.1, -0.05) is 32.3 Å². The van der Waals surface area contributed by atoms with Gasteiger partial charge in [0.05, 0.1) is 0 Å². The standard InChI is InChI=1S/C39H52F2N6O8/c1-22-15-32-39(54)55-21-30(37(52)46-14-8-11-31(46)38(53)45(4)24(3)34(49)42-23(2)36(51)47(32)20-22)44-35(50)29(18-26-16-27(40)19-28(41)17-26)43-33(48)13-12-25-9-6-5-7-10-25/h12-13,16-17,19,22-25,29-32H,5-11,14-15,18,20-21H2,1-4H3,(H,42,49)(H,43,48)(H,44,50)/t22-,23+,24+,29+,30+,31+,32+/m1/s1. The number of carbonyl (C=O) groups is 7. The quantitative estimate of drug-likeness (QED) is 0.278. The third kappa shape index (κ3) is 10.3. The molecule has 0 unspecified atom stereocenters. The molecular weight excluding hydrogens is 718 g/mol. The van der Waals surface area contributed by atoms with Crippen LogP contribution in [-0.2, 0) is 44.7 Å². The maximum absolute atomic E-state index is 14.3. The lowest BCUT2D eigenvalue weighted by molar-refractivity contribution is -0.158. The minimum Gasteiger partial charge on any atom is -0.461 e. The molecule has 3 N–H and O–H groups in total. The van der Waals surface area contributed by atoms with E-state index in [-0.39, 0.29) is 49.8 Å². The second-order valence-electron chi connectivity index (χ2n) is 15.4. The number of fused-ring (bicyclic) bond motifs is 2. The average molecular weight is 771 g/mol.